The topological polar surface area (TPSA) is 121 Å². The molecule has 1 fully saturated rings. The number of morpholine rings is 1. The number of nitro groups is 1. The second kappa shape index (κ2) is 12.3. The van der Waals surface area contributed by atoms with Crippen LogP contribution in [0.5, 0.6) is 0 Å². The molecule has 0 aliphatic carbocycles. The summed E-state index contributed by atoms with van der Waals surface area (Å²) in [6.45, 7) is 7.45. The minimum absolute atomic E-state index is 0.0436. The van der Waals surface area contributed by atoms with E-state index in [0.717, 1.165) is 23.7 Å². The van der Waals surface area contributed by atoms with Gasteiger partial charge in [0.25, 0.3) is 11.6 Å². The molecule has 3 amide bonds. The number of ether oxygens (including phenoxy) is 1. The molecular weight excluding hydrogens is 496 g/mol. The summed E-state index contributed by atoms with van der Waals surface area (Å²) in [4.78, 5) is 42.2. The van der Waals surface area contributed by atoms with E-state index in [0.29, 0.717) is 38.3 Å². The van der Waals surface area contributed by atoms with Crippen molar-refractivity contribution in [2.75, 3.05) is 45.9 Å². The Morgan fingerprint density at radius 3 is 2.73 bits per heavy atom. The largest absolute Gasteiger partial charge is 0.379 e. The van der Waals surface area contributed by atoms with Crippen LogP contribution in [0.25, 0.3) is 0 Å². The molecule has 1 N–H and O–H groups in total. The van der Waals surface area contributed by atoms with Gasteiger partial charge < -0.3 is 15.0 Å². The number of hydrogen-bond donors (Lipinski definition) is 1. The van der Waals surface area contributed by atoms with Gasteiger partial charge in [-0.15, -0.1) is 11.3 Å². The summed E-state index contributed by atoms with van der Waals surface area (Å²) >= 11 is 1.52. The predicted molar refractivity (Wildman–Crippen MR) is 141 cm³/mol. The van der Waals surface area contributed by atoms with E-state index in [1.807, 2.05) is 31.4 Å². The zero-order valence-electron chi connectivity index (χ0n) is 21.0. The summed E-state index contributed by atoms with van der Waals surface area (Å²) in [5.74, 6) is -0.344. The Hall–Kier alpha value is -3.35. The lowest BCUT2D eigenvalue weighted by Crippen LogP contribution is -2.50. The van der Waals surface area contributed by atoms with Crippen LogP contribution >= 0.6 is 11.3 Å². The molecular formula is C25H32N6O5S. The van der Waals surface area contributed by atoms with E-state index in [9.17, 15) is 19.7 Å². The number of nitro benzene ring substituents is 1. The van der Waals surface area contributed by atoms with E-state index in [1.54, 1.807) is 12.1 Å². The van der Waals surface area contributed by atoms with Gasteiger partial charge in [0.05, 0.1) is 34.8 Å². The molecule has 2 aliphatic heterocycles. The highest BCUT2D eigenvalue weighted by atomic mass is 32.1. The van der Waals surface area contributed by atoms with Crippen molar-refractivity contribution in [1.29, 1.82) is 0 Å². The van der Waals surface area contributed by atoms with E-state index in [-0.39, 0.29) is 30.2 Å². The average molecular weight is 529 g/mol. The summed E-state index contributed by atoms with van der Waals surface area (Å²) in [6.07, 6.45) is 0.430. The van der Waals surface area contributed by atoms with Gasteiger partial charge in [0.2, 0.25) is 0 Å². The molecule has 198 valence electrons. The number of non-ortho nitro benzene ring substituents is 1. The Morgan fingerprint density at radius 1 is 1.27 bits per heavy atom. The zero-order valence-corrected chi connectivity index (χ0v) is 21.9. The number of amides is 3. The molecule has 37 heavy (non-hydrogen) atoms. The molecule has 12 heteroatoms. The number of rotatable bonds is 9. The summed E-state index contributed by atoms with van der Waals surface area (Å²) in [5, 5.41) is 22.2. The highest BCUT2D eigenvalue weighted by molar-refractivity contribution is 7.12. The Kier molecular flexibility index (Phi) is 8.85. The summed E-state index contributed by atoms with van der Waals surface area (Å²) in [7, 11) is 0. The molecule has 2 aliphatic rings. The van der Waals surface area contributed by atoms with Gasteiger partial charge in [-0.3, -0.25) is 19.8 Å². The van der Waals surface area contributed by atoms with Crippen molar-refractivity contribution < 1.29 is 19.2 Å². The summed E-state index contributed by atoms with van der Waals surface area (Å²) in [5.41, 5.74) is 1.33. The van der Waals surface area contributed by atoms with Gasteiger partial charge in [-0.05, 0) is 30.9 Å². The van der Waals surface area contributed by atoms with Crippen molar-refractivity contribution in [1.82, 2.24) is 20.1 Å². The van der Waals surface area contributed by atoms with Crippen LogP contribution in [0.15, 0.2) is 46.9 Å². The Bertz CT molecular complexity index is 1130. The van der Waals surface area contributed by atoms with Gasteiger partial charge in [-0.25, -0.2) is 9.80 Å². The predicted octanol–water partition coefficient (Wildman–Crippen LogP) is 3.09. The first-order valence-corrected chi connectivity index (χ1v) is 13.2. The van der Waals surface area contributed by atoms with E-state index < -0.39 is 11.0 Å². The fourth-order valence-electron chi connectivity index (χ4n) is 4.35. The number of carbonyl (C=O) groups excluding carboxylic acids is 2. The van der Waals surface area contributed by atoms with E-state index in [4.69, 9.17) is 4.74 Å². The second-order valence-corrected chi connectivity index (χ2v) is 10.3. The van der Waals surface area contributed by atoms with E-state index in [1.165, 1.54) is 33.4 Å². The van der Waals surface area contributed by atoms with Crippen LogP contribution in [0, 0.1) is 10.1 Å². The van der Waals surface area contributed by atoms with Gasteiger partial charge >= 0.3 is 6.03 Å². The highest BCUT2D eigenvalue weighted by Crippen LogP contribution is 2.35. The second-order valence-electron chi connectivity index (χ2n) is 9.31. The molecule has 0 saturated carbocycles. The Balaban J connectivity index is 1.56. The molecule has 1 saturated heterocycles. The van der Waals surface area contributed by atoms with Gasteiger partial charge in [0.15, 0.2) is 0 Å². The number of urea groups is 1. The van der Waals surface area contributed by atoms with Gasteiger partial charge in [0.1, 0.15) is 6.54 Å². The number of thiophene rings is 1. The molecule has 1 aromatic carbocycles. The molecule has 0 bridgehead atoms. The molecule has 1 aromatic heterocycles. The quantitative estimate of drug-likeness (QED) is 0.394. The van der Waals surface area contributed by atoms with Gasteiger partial charge in [0, 0.05) is 50.8 Å². The average Bonchev–Trinajstić information content (AvgIpc) is 3.57. The molecule has 0 unspecified atom stereocenters. The first-order valence-electron chi connectivity index (χ1n) is 12.3. The lowest BCUT2D eigenvalue weighted by atomic mass is 10.0. The Morgan fingerprint density at radius 2 is 2.05 bits per heavy atom. The third kappa shape index (κ3) is 6.90. The van der Waals surface area contributed by atoms with Crippen LogP contribution in [0.3, 0.4) is 0 Å². The maximum absolute atomic E-state index is 13.6. The normalized spacial score (nSPS) is 18.1. The number of nitrogens with zero attached hydrogens (tertiary/aromatic N) is 5. The minimum atomic E-state index is -0.501. The summed E-state index contributed by atoms with van der Waals surface area (Å²) in [6, 6.07) is 9.25. The fourth-order valence-corrected chi connectivity index (χ4v) is 5.07. The first kappa shape index (κ1) is 26.7. The van der Waals surface area contributed by atoms with Crippen molar-refractivity contribution >= 4 is 34.7 Å². The molecule has 1 atom stereocenters. The lowest BCUT2D eigenvalue weighted by molar-refractivity contribution is -0.385. The maximum Gasteiger partial charge on any atom is 0.318 e. The van der Waals surface area contributed by atoms with Crippen LogP contribution in [-0.2, 0) is 9.53 Å². The smallest absolute Gasteiger partial charge is 0.318 e. The minimum Gasteiger partial charge on any atom is -0.379 e. The molecule has 3 heterocycles. The third-order valence-corrected chi connectivity index (χ3v) is 7.17. The van der Waals surface area contributed by atoms with Crippen LogP contribution in [-0.4, -0.2) is 89.4 Å². The van der Waals surface area contributed by atoms with Crippen molar-refractivity contribution in [3.8, 4) is 0 Å². The zero-order chi connectivity index (χ0) is 26.4. The molecule has 4 rings (SSSR count). The number of hydrogen-bond acceptors (Lipinski definition) is 8. The number of benzene rings is 1. The monoisotopic (exact) mass is 528 g/mol. The van der Waals surface area contributed by atoms with Crippen LogP contribution in [0.2, 0.25) is 0 Å². The van der Waals surface area contributed by atoms with Crippen LogP contribution in [0.4, 0.5) is 10.5 Å². The maximum atomic E-state index is 13.6. The fraction of sp³-hybridized carbons (Fsp3) is 0.480. The first-order chi connectivity index (χ1) is 17.8. The molecule has 2 aromatic rings. The SMILES string of the molecule is CC(C)NC(=O)N(CCN1CCOCC1)CC(=O)N1N=C(c2cccs2)C[C@@H]1c1cccc([N+](=O)[O-])c1. The number of carbonyl (C=O) groups is 2. The third-order valence-electron chi connectivity index (χ3n) is 6.25. The lowest BCUT2D eigenvalue weighted by Gasteiger charge is -2.31. The van der Waals surface area contributed by atoms with E-state index in [2.05, 4.69) is 15.3 Å². The number of nitrogens with one attached hydrogen (secondary N) is 1. The molecule has 0 radical (unpaired) electrons. The molecule has 11 nitrogen and oxygen atoms in total. The van der Waals surface area contributed by atoms with E-state index >= 15 is 0 Å². The van der Waals surface area contributed by atoms with Gasteiger partial charge in [-0.2, -0.15) is 5.10 Å². The van der Waals surface area contributed by atoms with Crippen molar-refractivity contribution in [2.45, 2.75) is 32.4 Å². The summed E-state index contributed by atoms with van der Waals surface area (Å²) < 4.78 is 5.40. The van der Waals surface area contributed by atoms with Crippen LogP contribution in [0.1, 0.15) is 36.8 Å². The number of hydrazone groups is 1. The Labute approximate surface area is 219 Å². The molecule has 0 spiro atoms. The highest BCUT2D eigenvalue weighted by Gasteiger charge is 2.35. The van der Waals surface area contributed by atoms with Crippen molar-refractivity contribution in [3.63, 3.8) is 0 Å². The van der Waals surface area contributed by atoms with Gasteiger partial charge in [-0.1, -0.05) is 18.2 Å². The standard InChI is InChI=1S/C25H32N6O5S/c1-18(2)26-25(33)29(9-8-28-10-12-36-13-11-28)17-24(32)30-22(16-21(27-30)23-7-4-14-37-23)19-5-3-6-20(15-19)31(34)35/h3-7,14-15,18,22H,8-13,16-17H2,1-2H3,(H,26,33)/t22-/m1/s1. The van der Waals surface area contributed by atoms with Crippen LogP contribution < -0.4 is 5.32 Å². The van der Waals surface area contributed by atoms with Crippen molar-refractivity contribution in [2.24, 2.45) is 5.10 Å². The van der Waals surface area contributed by atoms with Crippen molar-refractivity contribution in [3.05, 3.63) is 62.3 Å².